The Morgan fingerprint density at radius 2 is 1.88 bits per heavy atom. The van der Waals surface area contributed by atoms with Gasteiger partial charge in [0.05, 0.1) is 16.6 Å². The highest BCUT2D eigenvalue weighted by atomic mass is 35.5. The number of halogens is 5. The van der Waals surface area contributed by atoms with Gasteiger partial charge in [-0.3, -0.25) is 10.1 Å². The fourth-order valence-electron chi connectivity index (χ4n) is 2.64. The van der Waals surface area contributed by atoms with Crippen LogP contribution in [0.3, 0.4) is 0 Å². The van der Waals surface area contributed by atoms with Gasteiger partial charge in [0.1, 0.15) is 0 Å². The molecule has 0 aliphatic heterocycles. The van der Waals surface area contributed by atoms with E-state index in [1.807, 2.05) is 5.32 Å². The third-order valence-corrected chi connectivity index (χ3v) is 4.44. The highest BCUT2D eigenvalue weighted by molar-refractivity contribution is 6.31. The van der Waals surface area contributed by atoms with E-state index in [1.54, 1.807) is 0 Å². The van der Waals surface area contributed by atoms with E-state index in [9.17, 15) is 22.8 Å². The summed E-state index contributed by atoms with van der Waals surface area (Å²) in [6, 6.07) is 4.51. The molecule has 1 unspecified atom stereocenters. The molecule has 32 heavy (non-hydrogen) atoms. The van der Waals surface area contributed by atoms with Crippen LogP contribution in [-0.2, 0) is 6.18 Å². The molecule has 0 saturated heterocycles. The molecule has 3 rings (SSSR count). The van der Waals surface area contributed by atoms with Crippen molar-refractivity contribution in [1.82, 2.24) is 25.1 Å². The summed E-state index contributed by atoms with van der Waals surface area (Å²) in [4.78, 5) is 31.6. The normalized spacial score (nSPS) is 12.3. The maximum absolute atomic E-state index is 13.0. The summed E-state index contributed by atoms with van der Waals surface area (Å²) < 4.78 is 40.3. The Kier molecular flexibility index (Phi) is 6.55. The minimum atomic E-state index is -4.69. The number of hydrogen-bond donors (Lipinski definition) is 3. The smallest absolute Gasteiger partial charge is 0.416 e. The van der Waals surface area contributed by atoms with Crippen molar-refractivity contribution in [2.45, 2.75) is 19.1 Å². The number of aromatic nitrogens is 4. The van der Waals surface area contributed by atoms with E-state index in [1.165, 1.54) is 25.3 Å². The lowest BCUT2D eigenvalue weighted by atomic mass is 10.1. The molecular weight excluding hydrogens is 476 g/mol. The van der Waals surface area contributed by atoms with E-state index in [-0.39, 0.29) is 28.2 Å². The predicted molar refractivity (Wildman–Crippen MR) is 108 cm³/mol. The lowest BCUT2D eigenvalue weighted by Gasteiger charge is -2.15. The second kappa shape index (κ2) is 9.01. The maximum Gasteiger partial charge on any atom is 0.416 e. The quantitative estimate of drug-likeness (QED) is 0.483. The molecule has 168 valence electrons. The van der Waals surface area contributed by atoms with Crippen molar-refractivity contribution < 1.29 is 27.9 Å². The zero-order chi connectivity index (χ0) is 23.6. The van der Waals surface area contributed by atoms with Crippen LogP contribution in [0.2, 0.25) is 10.0 Å². The van der Waals surface area contributed by atoms with E-state index in [2.05, 4.69) is 20.4 Å². The number of carbonyl (C=O) groups excluding carboxylic acids is 1. The Morgan fingerprint density at radius 3 is 2.47 bits per heavy atom. The minimum Gasteiger partial charge on any atom is -0.465 e. The zero-order valence-corrected chi connectivity index (χ0v) is 17.5. The van der Waals surface area contributed by atoms with Crippen LogP contribution in [-0.4, -0.2) is 36.9 Å². The standard InChI is InChI=1S/C18H13Cl2F3N6O3/c1-8(25-15(30)9-4-10(18(21,22)23)6-12(20)5-9)14-26-16(27-17(31)32)28-29(14)13-3-2-11(19)7-24-13/h2-8H,1H3,(H,25,30)(H,27,28)(H,31,32). The molecule has 1 aromatic carbocycles. The lowest BCUT2D eigenvalue weighted by molar-refractivity contribution is -0.137. The second-order valence-corrected chi connectivity index (χ2v) is 7.26. The van der Waals surface area contributed by atoms with Gasteiger partial charge in [0, 0.05) is 16.8 Å². The van der Waals surface area contributed by atoms with Crippen molar-refractivity contribution >= 4 is 41.2 Å². The Hall–Kier alpha value is -3.38. The average Bonchev–Trinajstić information content (AvgIpc) is 3.10. The molecule has 0 aliphatic carbocycles. The van der Waals surface area contributed by atoms with Crippen molar-refractivity contribution in [3.8, 4) is 5.82 Å². The number of nitrogens with one attached hydrogen (secondary N) is 2. The van der Waals surface area contributed by atoms with Gasteiger partial charge in [-0.2, -0.15) is 22.8 Å². The fraction of sp³-hybridized carbons (Fsp3) is 0.167. The number of amides is 2. The molecule has 1 atom stereocenters. The van der Waals surface area contributed by atoms with Crippen LogP contribution in [0.25, 0.3) is 5.82 Å². The first-order valence-electron chi connectivity index (χ1n) is 8.71. The van der Waals surface area contributed by atoms with Crippen molar-refractivity contribution in [3.05, 3.63) is 63.5 Å². The number of rotatable bonds is 5. The van der Waals surface area contributed by atoms with E-state index < -0.39 is 29.8 Å². The number of carbonyl (C=O) groups is 2. The van der Waals surface area contributed by atoms with E-state index in [4.69, 9.17) is 28.3 Å². The molecule has 0 radical (unpaired) electrons. The van der Waals surface area contributed by atoms with Crippen LogP contribution in [0, 0.1) is 0 Å². The molecule has 0 fully saturated rings. The van der Waals surface area contributed by atoms with Crippen LogP contribution in [0.4, 0.5) is 23.9 Å². The van der Waals surface area contributed by atoms with Gasteiger partial charge >= 0.3 is 12.3 Å². The van der Waals surface area contributed by atoms with Gasteiger partial charge in [-0.05, 0) is 37.3 Å². The molecule has 3 N–H and O–H groups in total. The molecule has 9 nitrogen and oxygen atoms in total. The molecule has 0 bridgehead atoms. The highest BCUT2D eigenvalue weighted by Crippen LogP contribution is 2.32. The van der Waals surface area contributed by atoms with Gasteiger partial charge in [-0.1, -0.05) is 23.2 Å². The average molecular weight is 489 g/mol. The number of anilines is 1. The van der Waals surface area contributed by atoms with Crippen LogP contribution < -0.4 is 10.6 Å². The van der Waals surface area contributed by atoms with Gasteiger partial charge < -0.3 is 10.4 Å². The molecule has 2 aromatic heterocycles. The predicted octanol–water partition coefficient (Wildman–Crippen LogP) is 4.57. The number of alkyl halides is 3. The minimum absolute atomic E-state index is 0.0509. The van der Waals surface area contributed by atoms with Crippen LogP contribution in [0.15, 0.2) is 36.5 Å². The van der Waals surface area contributed by atoms with Crippen molar-refractivity contribution in [3.63, 3.8) is 0 Å². The van der Waals surface area contributed by atoms with Gasteiger partial charge in [0.25, 0.3) is 11.9 Å². The Morgan fingerprint density at radius 1 is 1.16 bits per heavy atom. The molecule has 2 heterocycles. The monoisotopic (exact) mass is 488 g/mol. The van der Waals surface area contributed by atoms with Crippen LogP contribution in [0.5, 0.6) is 0 Å². The van der Waals surface area contributed by atoms with Crippen molar-refractivity contribution in [2.24, 2.45) is 0 Å². The second-order valence-electron chi connectivity index (χ2n) is 6.39. The SMILES string of the molecule is CC(NC(=O)c1cc(Cl)cc(C(F)(F)F)c1)c1nc(NC(=O)O)nn1-c1ccc(Cl)cn1. The summed E-state index contributed by atoms with van der Waals surface area (Å²) in [6.45, 7) is 1.48. The largest absolute Gasteiger partial charge is 0.465 e. The Balaban J connectivity index is 1.93. The summed E-state index contributed by atoms with van der Waals surface area (Å²) in [5, 5.41) is 17.5. The first kappa shape index (κ1) is 23.3. The molecule has 0 saturated carbocycles. The molecule has 14 heteroatoms. The maximum atomic E-state index is 13.0. The number of carboxylic acid groups (broad SMARTS) is 1. The van der Waals surface area contributed by atoms with Crippen LogP contribution in [0.1, 0.15) is 34.7 Å². The van der Waals surface area contributed by atoms with Gasteiger partial charge in [0.15, 0.2) is 11.6 Å². The van der Waals surface area contributed by atoms with Gasteiger partial charge in [-0.25, -0.2) is 9.78 Å². The Bertz CT molecular complexity index is 1170. The van der Waals surface area contributed by atoms with Gasteiger partial charge in [0.2, 0.25) is 0 Å². The fourth-order valence-corrected chi connectivity index (χ4v) is 2.99. The molecule has 3 aromatic rings. The topological polar surface area (TPSA) is 122 Å². The summed E-state index contributed by atoms with van der Waals surface area (Å²) in [7, 11) is 0. The number of nitrogens with zero attached hydrogens (tertiary/aromatic N) is 4. The van der Waals surface area contributed by atoms with Gasteiger partial charge in [-0.15, -0.1) is 5.10 Å². The third-order valence-electron chi connectivity index (χ3n) is 4.00. The number of pyridine rings is 1. The molecule has 2 amide bonds. The van der Waals surface area contributed by atoms with E-state index in [0.29, 0.717) is 17.2 Å². The van der Waals surface area contributed by atoms with E-state index in [0.717, 1.165) is 10.7 Å². The lowest BCUT2D eigenvalue weighted by Crippen LogP contribution is -2.29. The number of benzene rings is 1. The Labute approximate surface area is 188 Å². The van der Waals surface area contributed by atoms with E-state index >= 15 is 0 Å². The first-order valence-corrected chi connectivity index (χ1v) is 9.47. The molecule has 0 aliphatic rings. The molecule has 0 spiro atoms. The first-order chi connectivity index (χ1) is 14.9. The van der Waals surface area contributed by atoms with Crippen molar-refractivity contribution in [1.29, 1.82) is 0 Å². The summed E-state index contributed by atoms with van der Waals surface area (Å²) in [6.07, 6.45) is -4.79. The summed E-state index contributed by atoms with van der Waals surface area (Å²) in [5.74, 6) is -0.905. The summed E-state index contributed by atoms with van der Waals surface area (Å²) >= 11 is 11.6. The van der Waals surface area contributed by atoms with Crippen LogP contribution >= 0.6 is 23.2 Å². The highest BCUT2D eigenvalue weighted by Gasteiger charge is 2.32. The van der Waals surface area contributed by atoms with Crippen molar-refractivity contribution in [2.75, 3.05) is 5.32 Å². The zero-order valence-electron chi connectivity index (χ0n) is 16.0. The third kappa shape index (κ3) is 5.45. The molecular formula is C18H13Cl2F3N6O3. The number of hydrogen-bond acceptors (Lipinski definition) is 5. The summed E-state index contributed by atoms with van der Waals surface area (Å²) in [5.41, 5.74) is -1.40.